The summed E-state index contributed by atoms with van der Waals surface area (Å²) >= 11 is 6.18. The van der Waals surface area contributed by atoms with Crippen molar-refractivity contribution in [2.75, 3.05) is 32.8 Å². The molecule has 1 amide bonds. The van der Waals surface area contributed by atoms with Crippen molar-refractivity contribution in [1.29, 1.82) is 0 Å². The maximum Gasteiger partial charge on any atom is 0.257 e. The van der Waals surface area contributed by atoms with E-state index in [4.69, 9.17) is 25.3 Å². The van der Waals surface area contributed by atoms with Gasteiger partial charge in [-0.3, -0.25) is 9.69 Å². The maximum atomic E-state index is 14.4. The number of furan rings is 1. The Balaban J connectivity index is 1.58. The third-order valence-electron chi connectivity index (χ3n) is 5.32. The number of nitrogens with one attached hydrogen (secondary N) is 1. The Hall–Kier alpha value is -2.68. The van der Waals surface area contributed by atoms with Crippen LogP contribution < -0.4 is 5.32 Å². The highest BCUT2D eigenvalue weighted by molar-refractivity contribution is 6.33. The molecule has 4 rings (SSSR count). The first-order valence-corrected chi connectivity index (χ1v) is 10.4. The average Bonchev–Trinajstić information content (AvgIpc) is 3.34. The molecule has 164 valence electrons. The molecule has 0 bridgehead atoms. The van der Waals surface area contributed by atoms with Crippen LogP contribution in [0.3, 0.4) is 0 Å². The van der Waals surface area contributed by atoms with Gasteiger partial charge in [-0.1, -0.05) is 22.8 Å². The summed E-state index contributed by atoms with van der Waals surface area (Å²) in [5, 5.41) is 6.99. The molecule has 0 radical (unpaired) electrons. The van der Waals surface area contributed by atoms with E-state index in [1.54, 1.807) is 13.0 Å². The minimum atomic E-state index is -0.577. The Morgan fingerprint density at radius 1 is 1.26 bits per heavy atom. The smallest absolute Gasteiger partial charge is 0.257 e. The molecule has 0 unspecified atom stereocenters. The highest BCUT2D eigenvalue weighted by Gasteiger charge is 2.29. The van der Waals surface area contributed by atoms with Gasteiger partial charge < -0.3 is 19.0 Å². The van der Waals surface area contributed by atoms with E-state index >= 15 is 0 Å². The van der Waals surface area contributed by atoms with Gasteiger partial charge in [0.15, 0.2) is 0 Å². The molecule has 1 aromatic carbocycles. The Kier molecular flexibility index (Phi) is 6.41. The fraction of sp³-hybridized carbons (Fsp3) is 0.364. The van der Waals surface area contributed by atoms with Crippen LogP contribution in [0.1, 0.15) is 33.7 Å². The lowest BCUT2D eigenvalue weighted by atomic mass is 10.0. The number of halogens is 2. The van der Waals surface area contributed by atoms with Gasteiger partial charge in [0, 0.05) is 19.6 Å². The van der Waals surface area contributed by atoms with Crippen molar-refractivity contribution in [1.82, 2.24) is 15.4 Å². The lowest BCUT2D eigenvalue weighted by Crippen LogP contribution is -2.43. The van der Waals surface area contributed by atoms with Crippen LogP contribution in [0.15, 0.2) is 39.3 Å². The van der Waals surface area contributed by atoms with E-state index in [1.807, 2.05) is 19.1 Å². The molecule has 2 aromatic heterocycles. The average molecular weight is 448 g/mol. The summed E-state index contributed by atoms with van der Waals surface area (Å²) in [6.45, 7) is 6.46. The van der Waals surface area contributed by atoms with Crippen LogP contribution in [0.2, 0.25) is 5.02 Å². The molecule has 7 nitrogen and oxygen atoms in total. The standard InChI is InChI=1S/C22H23ClFN3O4/c1-13-6-7-18(30-13)17(27-8-10-29-11-9-27)12-25-22(28)19-14(2)31-26-21(19)20-15(23)4-3-5-16(20)24/h3-7,17H,8-12H2,1-2H3,(H,25,28)/t17-/m0/s1. The Labute approximate surface area is 184 Å². The largest absolute Gasteiger partial charge is 0.465 e. The van der Waals surface area contributed by atoms with Gasteiger partial charge in [-0.2, -0.15) is 0 Å². The zero-order valence-electron chi connectivity index (χ0n) is 17.3. The molecule has 1 atom stereocenters. The van der Waals surface area contributed by atoms with E-state index in [2.05, 4.69) is 15.4 Å². The SMILES string of the molecule is Cc1ccc([C@H](CNC(=O)c2c(-c3c(F)cccc3Cl)noc2C)N2CCOCC2)o1. The molecule has 1 saturated heterocycles. The summed E-state index contributed by atoms with van der Waals surface area (Å²) in [5.41, 5.74) is 0.274. The van der Waals surface area contributed by atoms with Crippen molar-refractivity contribution in [2.45, 2.75) is 19.9 Å². The lowest BCUT2D eigenvalue weighted by molar-refractivity contribution is 0.0117. The first kappa shape index (κ1) is 21.5. The zero-order chi connectivity index (χ0) is 22.0. The van der Waals surface area contributed by atoms with Crippen LogP contribution in [0, 0.1) is 19.7 Å². The third kappa shape index (κ3) is 4.51. The number of rotatable bonds is 6. The van der Waals surface area contributed by atoms with Crippen molar-refractivity contribution in [2.24, 2.45) is 0 Å². The minimum Gasteiger partial charge on any atom is -0.465 e. The summed E-state index contributed by atoms with van der Waals surface area (Å²) in [4.78, 5) is 15.3. The van der Waals surface area contributed by atoms with Gasteiger partial charge in [-0.05, 0) is 38.1 Å². The van der Waals surface area contributed by atoms with Gasteiger partial charge in [0.25, 0.3) is 5.91 Å². The van der Waals surface area contributed by atoms with E-state index in [9.17, 15) is 9.18 Å². The molecule has 3 heterocycles. The van der Waals surface area contributed by atoms with Gasteiger partial charge in [-0.25, -0.2) is 4.39 Å². The van der Waals surface area contributed by atoms with Gasteiger partial charge in [0.05, 0.1) is 29.8 Å². The van der Waals surface area contributed by atoms with Crippen molar-refractivity contribution in [3.8, 4) is 11.3 Å². The molecule has 1 aliphatic rings. The van der Waals surface area contributed by atoms with Crippen LogP contribution in [-0.4, -0.2) is 48.8 Å². The summed E-state index contributed by atoms with van der Waals surface area (Å²) in [5.74, 6) is 0.843. The number of amides is 1. The molecule has 1 fully saturated rings. The number of carbonyl (C=O) groups excluding carboxylic acids is 1. The van der Waals surface area contributed by atoms with E-state index in [0.717, 1.165) is 24.6 Å². The number of aryl methyl sites for hydroxylation is 2. The van der Waals surface area contributed by atoms with Crippen molar-refractivity contribution in [3.63, 3.8) is 0 Å². The Morgan fingerprint density at radius 3 is 2.71 bits per heavy atom. The molecule has 0 saturated carbocycles. The topological polar surface area (TPSA) is 80.7 Å². The molecule has 0 aliphatic carbocycles. The van der Waals surface area contributed by atoms with Crippen molar-refractivity contribution >= 4 is 17.5 Å². The maximum absolute atomic E-state index is 14.4. The second kappa shape index (κ2) is 9.21. The number of hydrogen-bond donors (Lipinski definition) is 1. The summed E-state index contributed by atoms with van der Waals surface area (Å²) in [6, 6.07) is 7.94. The predicted molar refractivity (Wildman–Crippen MR) is 113 cm³/mol. The van der Waals surface area contributed by atoms with Gasteiger partial charge in [0.2, 0.25) is 0 Å². The molecule has 1 N–H and O–H groups in total. The number of benzene rings is 1. The summed E-state index contributed by atoms with van der Waals surface area (Å²) in [6.07, 6.45) is 0. The molecule has 0 spiro atoms. The van der Waals surface area contributed by atoms with Gasteiger partial charge in [-0.15, -0.1) is 0 Å². The monoisotopic (exact) mass is 447 g/mol. The fourth-order valence-electron chi connectivity index (χ4n) is 3.74. The zero-order valence-corrected chi connectivity index (χ0v) is 18.0. The molecular weight excluding hydrogens is 425 g/mol. The van der Waals surface area contributed by atoms with Crippen LogP contribution in [0.25, 0.3) is 11.3 Å². The Morgan fingerprint density at radius 2 is 2.03 bits per heavy atom. The third-order valence-corrected chi connectivity index (χ3v) is 5.64. The van der Waals surface area contributed by atoms with Gasteiger partial charge in [0.1, 0.15) is 34.4 Å². The second-order valence-corrected chi connectivity index (χ2v) is 7.79. The van der Waals surface area contributed by atoms with Crippen LogP contribution in [-0.2, 0) is 4.74 Å². The van der Waals surface area contributed by atoms with Crippen LogP contribution in [0.5, 0.6) is 0 Å². The van der Waals surface area contributed by atoms with Crippen molar-refractivity contribution < 1.29 is 22.9 Å². The minimum absolute atomic E-state index is 0.0394. The fourth-order valence-corrected chi connectivity index (χ4v) is 4.00. The van der Waals surface area contributed by atoms with Crippen molar-refractivity contribution in [3.05, 3.63) is 64.0 Å². The summed E-state index contributed by atoms with van der Waals surface area (Å²) < 4.78 is 30.9. The predicted octanol–water partition coefficient (Wildman–Crippen LogP) is 4.15. The normalized spacial score (nSPS) is 15.7. The molecular formula is C22H23ClFN3O4. The molecule has 1 aliphatic heterocycles. The highest BCUT2D eigenvalue weighted by atomic mass is 35.5. The number of ether oxygens (including phenoxy) is 1. The van der Waals surface area contributed by atoms with E-state index in [1.165, 1.54) is 12.1 Å². The molecule has 31 heavy (non-hydrogen) atoms. The van der Waals surface area contributed by atoms with E-state index < -0.39 is 11.7 Å². The first-order chi connectivity index (χ1) is 15.0. The number of nitrogens with zero attached hydrogens (tertiary/aromatic N) is 2. The quantitative estimate of drug-likeness (QED) is 0.611. The van der Waals surface area contributed by atoms with E-state index in [-0.39, 0.29) is 33.6 Å². The van der Waals surface area contributed by atoms with Gasteiger partial charge >= 0.3 is 0 Å². The summed E-state index contributed by atoms with van der Waals surface area (Å²) in [7, 11) is 0. The molecule has 3 aromatic rings. The lowest BCUT2D eigenvalue weighted by Gasteiger charge is -2.33. The van der Waals surface area contributed by atoms with Crippen LogP contribution >= 0.6 is 11.6 Å². The van der Waals surface area contributed by atoms with Crippen LogP contribution in [0.4, 0.5) is 4.39 Å². The second-order valence-electron chi connectivity index (χ2n) is 7.38. The number of aromatic nitrogens is 1. The number of hydrogen-bond acceptors (Lipinski definition) is 6. The first-order valence-electron chi connectivity index (χ1n) is 10.0. The Bertz CT molecular complexity index is 1050. The molecule has 9 heteroatoms. The number of carbonyl (C=O) groups is 1. The van der Waals surface area contributed by atoms with E-state index in [0.29, 0.717) is 19.8 Å². The highest BCUT2D eigenvalue weighted by Crippen LogP contribution is 2.33. The number of morpholine rings is 1.